The minimum absolute atomic E-state index is 0.0550. The molecular weight excluding hydrogens is 250 g/mol. The predicted octanol–water partition coefficient (Wildman–Crippen LogP) is 2.59. The molecule has 3 N–H and O–H groups in total. The molecule has 1 amide bonds. The summed E-state index contributed by atoms with van der Waals surface area (Å²) in [6, 6.07) is 4.84. The zero-order valence-corrected chi connectivity index (χ0v) is 11.8. The number of carbonyl (C=O) groups is 1. The molecule has 100 valence electrons. The topological polar surface area (TPSA) is 58.4 Å². The molecule has 0 aliphatic carbocycles. The molecule has 1 aromatic rings. The number of nitrogens with two attached hydrogens (primary N) is 1. The SMILES string of the molecule is CCN(CC)C(=O)C(C)Nc1cc(Cl)ccc1N. The first kappa shape index (κ1) is 14.6. The van der Waals surface area contributed by atoms with Crippen LogP contribution in [0, 0.1) is 0 Å². The van der Waals surface area contributed by atoms with Gasteiger partial charge in [0.15, 0.2) is 0 Å². The number of halogens is 1. The lowest BCUT2D eigenvalue weighted by molar-refractivity contribution is -0.131. The predicted molar refractivity (Wildman–Crippen MR) is 76.9 cm³/mol. The van der Waals surface area contributed by atoms with Gasteiger partial charge in [-0.2, -0.15) is 0 Å². The Labute approximate surface area is 113 Å². The molecule has 1 rings (SSSR count). The Morgan fingerprint density at radius 3 is 2.61 bits per heavy atom. The minimum Gasteiger partial charge on any atom is -0.397 e. The highest BCUT2D eigenvalue weighted by molar-refractivity contribution is 6.31. The lowest BCUT2D eigenvalue weighted by Crippen LogP contribution is -2.41. The van der Waals surface area contributed by atoms with Crippen LogP contribution in [0.4, 0.5) is 11.4 Å². The highest BCUT2D eigenvalue weighted by Gasteiger charge is 2.18. The molecule has 0 radical (unpaired) electrons. The molecule has 5 heteroatoms. The second-order valence-corrected chi connectivity index (χ2v) is 4.54. The average molecular weight is 270 g/mol. The van der Waals surface area contributed by atoms with E-state index in [2.05, 4.69) is 5.32 Å². The quantitative estimate of drug-likeness (QED) is 0.808. The molecule has 4 nitrogen and oxygen atoms in total. The first-order valence-corrected chi connectivity index (χ1v) is 6.47. The first-order valence-electron chi connectivity index (χ1n) is 6.09. The average Bonchev–Trinajstić information content (AvgIpc) is 2.35. The maximum Gasteiger partial charge on any atom is 0.244 e. The third kappa shape index (κ3) is 3.53. The molecule has 0 saturated carbocycles. The second kappa shape index (κ2) is 6.50. The van der Waals surface area contributed by atoms with Crippen LogP contribution >= 0.6 is 11.6 Å². The second-order valence-electron chi connectivity index (χ2n) is 4.11. The van der Waals surface area contributed by atoms with Gasteiger partial charge in [0.25, 0.3) is 0 Å². The standard InChI is InChI=1S/C13H20ClN3O/c1-4-17(5-2)13(18)9(3)16-12-8-10(14)6-7-11(12)15/h6-9,16H,4-5,15H2,1-3H3. The van der Waals surface area contributed by atoms with Crippen LogP contribution in [-0.4, -0.2) is 29.9 Å². The smallest absolute Gasteiger partial charge is 0.244 e. The van der Waals surface area contributed by atoms with Crippen molar-refractivity contribution in [3.05, 3.63) is 23.2 Å². The lowest BCUT2D eigenvalue weighted by Gasteiger charge is -2.24. The zero-order valence-electron chi connectivity index (χ0n) is 11.0. The van der Waals surface area contributed by atoms with Crippen molar-refractivity contribution in [2.24, 2.45) is 0 Å². The van der Waals surface area contributed by atoms with Gasteiger partial charge >= 0.3 is 0 Å². The number of amides is 1. The molecule has 0 heterocycles. The molecule has 1 atom stereocenters. The maximum atomic E-state index is 12.1. The number of carbonyl (C=O) groups excluding carboxylic acids is 1. The van der Waals surface area contributed by atoms with Crippen LogP contribution in [0.25, 0.3) is 0 Å². The minimum atomic E-state index is -0.328. The number of hydrogen-bond acceptors (Lipinski definition) is 3. The first-order chi connectivity index (χ1) is 8.49. The van der Waals surface area contributed by atoms with Crippen molar-refractivity contribution >= 4 is 28.9 Å². The van der Waals surface area contributed by atoms with Crippen molar-refractivity contribution in [2.45, 2.75) is 26.8 Å². The third-order valence-electron chi connectivity index (χ3n) is 2.83. The van der Waals surface area contributed by atoms with E-state index in [0.717, 1.165) is 0 Å². The molecule has 18 heavy (non-hydrogen) atoms. The highest BCUT2D eigenvalue weighted by atomic mass is 35.5. The summed E-state index contributed by atoms with van der Waals surface area (Å²) in [6.45, 7) is 7.14. The van der Waals surface area contributed by atoms with Crippen molar-refractivity contribution < 1.29 is 4.79 Å². The van der Waals surface area contributed by atoms with Crippen molar-refractivity contribution in [3.8, 4) is 0 Å². The fourth-order valence-electron chi connectivity index (χ4n) is 1.76. The number of anilines is 2. The number of nitrogens with zero attached hydrogens (tertiary/aromatic N) is 1. The summed E-state index contributed by atoms with van der Waals surface area (Å²) in [5.74, 6) is 0.0550. The number of nitrogen functional groups attached to an aromatic ring is 1. The van der Waals surface area contributed by atoms with Gasteiger partial charge in [-0.25, -0.2) is 0 Å². The number of rotatable bonds is 5. The van der Waals surface area contributed by atoms with E-state index in [-0.39, 0.29) is 11.9 Å². The Morgan fingerprint density at radius 1 is 1.44 bits per heavy atom. The molecule has 0 bridgehead atoms. The van der Waals surface area contributed by atoms with Crippen LogP contribution in [0.15, 0.2) is 18.2 Å². The fraction of sp³-hybridized carbons (Fsp3) is 0.462. The van der Waals surface area contributed by atoms with Gasteiger partial charge in [0.1, 0.15) is 6.04 Å². The normalized spacial score (nSPS) is 12.0. The fourth-order valence-corrected chi connectivity index (χ4v) is 1.93. The molecule has 0 aromatic heterocycles. The van der Waals surface area contributed by atoms with Gasteiger partial charge in [0, 0.05) is 18.1 Å². The van der Waals surface area contributed by atoms with E-state index in [1.807, 2.05) is 20.8 Å². The van der Waals surface area contributed by atoms with Crippen molar-refractivity contribution in [1.82, 2.24) is 4.90 Å². The summed E-state index contributed by atoms with van der Waals surface area (Å²) in [5.41, 5.74) is 7.11. The van der Waals surface area contributed by atoms with Crippen molar-refractivity contribution in [1.29, 1.82) is 0 Å². The molecule has 0 fully saturated rings. The lowest BCUT2D eigenvalue weighted by atomic mass is 10.2. The number of benzene rings is 1. The summed E-state index contributed by atoms with van der Waals surface area (Å²) >= 11 is 5.91. The van der Waals surface area contributed by atoms with Crippen LogP contribution in [0.2, 0.25) is 5.02 Å². The Balaban J connectivity index is 2.77. The molecule has 0 spiro atoms. The van der Waals surface area contributed by atoms with Gasteiger partial charge in [0.05, 0.1) is 11.4 Å². The Bertz CT molecular complexity index is 419. The summed E-state index contributed by atoms with van der Waals surface area (Å²) in [7, 11) is 0. The summed E-state index contributed by atoms with van der Waals surface area (Å²) in [6.07, 6.45) is 0. The molecule has 0 aliphatic heterocycles. The number of hydrogen-bond donors (Lipinski definition) is 2. The van der Waals surface area contributed by atoms with Gasteiger partial charge < -0.3 is 16.0 Å². The summed E-state index contributed by atoms with van der Waals surface area (Å²) in [4.78, 5) is 13.9. The molecule has 0 aliphatic rings. The molecule has 0 saturated heterocycles. The van der Waals surface area contributed by atoms with Gasteiger partial charge in [-0.3, -0.25) is 4.79 Å². The van der Waals surface area contributed by atoms with E-state index in [1.165, 1.54) is 0 Å². The van der Waals surface area contributed by atoms with Crippen LogP contribution in [0.3, 0.4) is 0 Å². The van der Waals surface area contributed by atoms with Gasteiger partial charge in [-0.15, -0.1) is 0 Å². The van der Waals surface area contributed by atoms with Gasteiger partial charge in [-0.05, 0) is 39.0 Å². The van der Waals surface area contributed by atoms with Gasteiger partial charge in [-0.1, -0.05) is 11.6 Å². The monoisotopic (exact) mass is 269 g/mol. The van der Waals surface area contributed by atoms with Crippen LogP contribution in [0.1, 0.15) is 20.8 Å². The Hall–Kier alpha value is -1.42. The van der Waals surface area contributed by atoms with E-state index < -0.39 is 0 Å². The Morgan fingerprint density at radius 2 is 2.06 bits per heavy atom. The van der Waals surface area contributed by atoms with Crippen LogP contribution < -0.4 is 11.1 Å². The zero-order chi connectivity index (χ0) is 13.7. The van der Waals surface area contributed by atoms with Crippen molar-refractivity contribution in [2.75, 3.05) is 24.1 Å². The molecular formula is C13H20ClN3O. The van der Waals surface area contributed by atoms with E-state index in [9.17, 15) is 4.79 Å². The van der Waals surface area contributed by atoms with Crippen molar-refractivity contribution in [3.63, 3.8) is 0 Å². The maximum absolute atomic E-state index is 12.1. The third-order valence-corrected chi connectivity index (χ3v) is 3.07. The number of nitrogens with one attached hydrogen (secondary N) is 1. The van der Waals surface area contributed by atoms with Crippen LogP contribution in [-0.2, 0) is 4.79 Å². The van der Waals surface area contributed by atoms with E-state index >= 15 is 0 Å². The highest BCUT2D eigenvalue weighted by Crippen LogP contribution is 2.23. The van der Waals surface area contributed by atoms with E-state index in [0.29, 0.717) is 29.5 Å². The van der Waals surface area contributed by atoms with Crippen LogP contribution in [0.5, 0.6) is 0 Å². The van der Waals surface area contributed by atoms with E-state index in [4.69, 9.17) is 17.3 Å². The van der Waals surface area contributed by atoms with Gasteiger partial charge in [0.2, 0.25) is 5.91 Å². The summed E-state index contributed by atoms with van der Waals surface area (Å²) < 4.78 is 0. The number of likely N-dealkylation sites (N-methyl/N-ethyl adjacent to an activating group) is 1. The van der Waals surface area contributed by atoms with E-state index in [1.54, 1.807) is 23.1 Å². The Kier molecular flexibility index (Phi) is 5.28. The summed E-state index contributed by atoms with van der Waals surface area (Å²) in [5, 5.41) is 3.69. The largest absolute Gasteiger partial charge is 0.397 e. The molecule has 1 unspecified atom stereocenters. The molecule has 1 aromatic carbocycles.